The molecule has 3 rings (SSSR count). The summed E-state index contributed by atoms with van der Waals surface area (Å²) in [6.45, 7) is 8.12. The third-order valence-electron chi connectivity index (χ3n) is 4.02. The number of aliphatic hydroxyl groups is 1. The third-order valence-corrected chi connectivity index (χ3v) is 5.00. The molecule has 0 bridgehead atoms. The highest BCUT2D eigenvalue weighted by molar-refractivity contribution is 7.11. The van der Waals surface area contributed by atoms with Crippen LogP contribution in [0.25, 0.3) is 0 Å². The molecule has 3 heterocycles. The molecule has 0 aliphatic carbocycles. The SMILES string of the molecule is CCC(O)c1cc2n(n1)CCCN(Cc1ccc(C)s1)C2. The number of thiophene rings is 1. The molecule has 0 saturated carbocycles. The van der Waals surface area contributed by atoms with E-state index in [4.69, 9.17) is 0 Å². The van der Waals surface area contributed by atoms with Gasteiger partial charge >= 0.3 is 0 Å². The van der Waals surface area contributed by atoms with Gasteiger partial charge in [-0.1, -0.05) is 6.92 Å². The topological polar surface area (TPSA) is 41.3 Å². The summed E-state index contributed by atoms with van der Waals surface area (Å²) in [5.41, 5.74) is 2.05. The molecule has 1 aliphatic heterocycles. The van der Waals surface area contributed by atoms with Crippen LogP contribution >= 0.6 is 11.3 Å². The normalized spacial score (nSPS) is 17.5. The van der Waals surface area contributed by atoms with E-state index in [0.717, 1.165) is 38.3 Å². The molecule has 1 unspecified atom stereocenters. The lowest BCUT2D eigenvalue weighted by Gasteiger charge is -2.18. The first-order valence-electron chi connectivity index (χ1n) is 7.68. The Morgan fingerprint density at radius 3 is 2.95 bits per heavy atom. The largest absolute Gasteiger partial charge is 0.387 e. The Bertz CT molecular complexity index is 604. The lowest BCUT2D eigenvalue weighted by atomic mass is 10.2. The standard InChI is InChI=1S/C16H23N3OS/c1-3-16(20)15-9-13-10-18(7-4-8-19(13)17-15)11-14-6-5-12(2)21-14/h5-6,9,16,20H,3-4,7-8,10-11H2,1-2H3. The number of hydrogen-bond acceptors (Lipinski definition) is 4. The van der Waals surface area contributed by atoms with E-state index in [1.165, 1.54) is 15.4 Å². The van der Waals surface area contributed by atoms with Crippen molar-refractivity contribution >= 4 is 11.3 Å². The van der Waals surface area contributed by atoms with Crippen LogP contribution < -0.4 is 0 Å². The molecule has 114 valence electrons. The van der Waals surface area contributed by atoms with Crippen molar-refractivity contribution in [3.05, 3.63) is 39.3 Å². The van der Waals surface area contributed by atoms with Gasteiger partial charge in [0.15, 0.2) is 0 Å². The Hall–Kier alpha value is -1.17. The van der Waals surface area contributed by atoms with E-state index in [0.29, 0.717) is 6.42 Å². The lowest BCUT2D eigenvalue weighted by Crippen LogP contribution is -2.22. The van der Waals surface area contributed by atoms with Crippen LogP contribution in [-0.2, 0) is 19.6 Å². The number of rotatable bonds is 4. The minimum atomic E-state index is -0.433. The van der Waals surface area contributed by atoms with E-state index in [1.54, 1.807) is 0 Å². The number of aryl methyl sites for hydroxylation is 2. The zero-order valence-electron chi connectivity index (χ0n) is 12.7. The summed E-state index contributed by atoms with van der Waals surface area (Å²) in [5.74, 6) is 0. The van der Waals surface area contributed by atoms with Crippen molar-refractivity contribution in [3.8, 4) is 0 Å². The van der Waals surface area contributed by atoms with Crippen LogP contribution in [0, 0.1) is 6.92 Å². The number of aliphatic hydroxyl groups excluding tert-OH is 1. The zero-order chi connectivity index (χ0) is 14.8. The molecule has 0 aromatic carbocycles. The third kappa shape index (κ3) is 3.36. The lowest BCUT2D eigenvalue weighted by molar-refractivity contribution is 0.167. The van der Waals surface area contributed by atoms with Crippen LogP contribution in [0.1, 0.15) is 47.0 Å². The highest BCUT2D eigenvalue weighted by atomic mass is 32.1. The van der Waals surface area contributed by atoms with Gasteiger partial charge in [-0.3, -0.25) is 9.58 Å². The summed E-state index contributed by atoms with van der Waals surface area (Å²) in [6.07, 6.45) is 1.40. The van der Waals surface area contributed by atoms with Crippen LogP contribution in [0.2, 0.25) is 0 Å². The van der Waals surface area contributed by atoms with Gasteiger partial charge in [0, 0.05) is 35.9 Å². The first-order valence-corrected chi connectivity index (χ1v) is 8.49. The van der Waals surface area contributed by atoms with E-state index in [1.807, 2.05) is 18.3 Å². The van der Waals surface area contributed by atoms with E-state index >= 15 is 0 Å². The summed E-state index contributed by atoms with van der Waals surface area (Å²) in [5, 5.41) is 14.5. The van der Waals surface area contributed by atoms with Crippen molar-refractivity contribution in [2.24, 2.45) is 0 Å². The smallest absolute Gasteiger partial charge is 0.0975 e. The van der Waals surface area contributed by atoms with Crippen LogP contribution in [0.15, 0.2) is 18.2 Å². The number of fused-ring (bicyclic) bond motifs is 1. The maximum Gasteiger partial charge on any atom is 0.0975 e. The molecule has 1 N–H and O–H groups in total. The van der Waals surface area contributed by atoms with Gasteiger partial charge in [-0.05, 0) is 38.0 Å². The number of nitrogens with zero attached hydrogens (tertiary/aromatic N) is 3. The van der Waals surface area contributed by atoms with Gasteiger partial charge in [-0.25, -0.2) is 0 Å². The molecule has 1 aliphatic rings. The van der Waals surface area contributed by atoms with Gasteiger partial charge in [0.2, 0.25) is 0 Å². The minimum Gasteiger partial charge on any atom is -0.387 e. The van der Waals surface area contributed by atoms with Crippen LogP contribution in [0.5, 0.6) is 0 Å². The van der Waals surface area contributed by atoms with Gasteiger partial charge in [0.1, 0.15) is 0 Å². The Morgan fingerprint density at radius 1 is 1.38 bits per heavy atom. The fourth-order valence-corrected chi connectivity index (χ4v) is 3.78. The second-order valence-corrected chi connectivity index (χ2v) is 7.16. The molecule has 0 radical (unpaired) electrons. The fourth-order valence-electron chi connectivity index (χ4n) is 2.85. The summed E-state index contributed by atoms with van der Waals surface area (Å²) in [6, 6.07) is 6.50. The second kappa shape index (κ2) is 6.30. The molecule has 0 amide bonds. The number of aromatic nitrogens is 2. The highest BCUT2D eigenvalue weighted by Crippen LogP contribution is 2.22. The summed E-state index contributed by atoms with van der Waals surface area (Å²) >= 11 is 1.88. The van der Waals surface area contributed by atoms with Gasteiger partial charge in [0.05, 0.1) is 17.5 Å². The molecule has 1 atom stereocenters. The molecule has 2 aromatic rings. The summed E-state index contributed by atoms with van der Waals surface area (Å²) in [4.78, 5) is 5.28. The Labute approximate surface area is 130 Å². The molecular weight excluding hydrogens is 282 g/mol. The first kappa shape index (κ1) is 14.8. The summed E-state index contributed by atoms with van der Waals surface area (Å²) < 4.78 is 2.08. The molecule has 0 spiro atoms. The Balaban J connectivity index is 1.74. The predicted molar refractivity (Wildman–Crippen MR) is 85.3 cm³/mol. The van der Waals surface area contributed by atoms with E-state index < -0.39 is 6.10 Å². The van der Waals surface area contributed by atoms with Gasteiger partial charge in [0.25, 0.3) is 0 Å². The average molecular weight is 305 g/mol. The number of hydrogen-bond donors (Lipinski definition) is 1. The molecule has 21 heavy (non-hydrogen) atoms. The first-order chi connectivity index (χ1) is 10.2. The molecule has 5 heteroatoms. The predicted octanol–water partition coefficient (Wildman–Crippen LogP) is 3.10. The van der Waals surface area contributed by atoms with Gasteiger partial charge in [-0.15, -0.1) is 11.3 Å². The van der Waals surface area contributed by atoms with Crippen LogP contribution in [-0.4, -0.2) is 26.3 Å². The van der Waals surface area contributed by atoms with Crippen molar-refractivity contribution in [2.45, 2.75) is 52.4 Å². The average Bonchev–Trinajstić information content (AvgIpc) is 3.00. The van der Waals surface area contributed by atoms with E-state index in [9.17, 15) is 5.11 Å². The van der Waals surface area contributed by atoms with Crippen molar-refractivity contribution in [3.63, 3.8) is 0 Å². The van der Waals surface area contributed by atoms with Crippen molar-refractivity contribution in [1.29, 1.82) is 0 Å². The van der Waals surface area contributed by atoms with Crippen molar-refractivity contribution in [1.82, 2.24) is 14.7 Å². The Morgan fingerprint density at radius 2 is 2.24 bits per heavy atom. The molecular formula is C16H23N3OS. The van der Waals surface area contributed by atoms with Gasteiger partial charge in [-0.2, -0.15) is 5.10 Å². The van der Waals surface area contributed by atoms with Crippen molar-refractivity contribution in [2.75, 3.05) is 6.54 Å². The van der Waals surface area contributed by atoms with Crippen LogP contribution in [0.3, 0.4) is 0 Å². The molecule has 0 saturated heterocycles. The summed E-state index contributed by atoms with van der Waals surface area (Å²) in [7, 11) is 0. The quantitative estimate of drug-likeness (QED) is 0.943. The second-order valence-electron chi connectivity index (χ2n) is 5.78. The van der Waals surface area contributed by atoms with E-state index in [-0.39, 0.29) is 0 Å². The monoisotopic (exact) mass is 305 g/mol. The molecule has 0 fully saturated rings. The van der Waals surface area contributed by atoms with Crippen LogP contribution in [0.4, 0.5) is 0 Å². The zero-order valence-corrected chi connectivity index (χ0v) is 13.6. The van der Waals surface area contributed by atoms with E-state index in [2.05, 4.69) is 39.8 Å². The van der Waals surface area contributed by atoms with Gasteiger partial charge < -0.3 is 5.11 Å². The maximum absolute atomic E-state index is 9.96. The maximum atomic E-state index is 9.96. The minimum absolute atomic E-state index is 0.433. The van der Waals surface area contributed by atoms with Crippen molar-refractivity contribution < 1.29 is 5.11 Å². The Kier molecular flexibility index (Phi) is 4.42. The molecule has 2 aromatic heterocycles. The highest BCUT2D eigenvalue weighted by Gasteiger charge is 2.19. The molecule has 4 nitrogen and oxygen atoms in total. The fraction of sp³-hybridized carbons (Fsp3) is 0.562.